The molecule has 1 aliphatic heterocycles. The third-order valence-corrected chi connectivity index (χ3v) is 5.47. The van der Waals surface area contributed by atoms with Gasteiger partial charge < -0.3 is 16.6 Å². The van der Waals surface area contributed by atoms with E-state index in [1.54, 1.807) is 18.2 Å². The van der Waals surface area contributed by atoms with Crippen molar-refractivity contribution < 1.29 is 13.5 Å². The highest BCUT2D eigenvalue weighted by Crippen LogP contribution is 2.26. The highest BCUT2D eigenvalue weighted by molar-refractivity contribution is 7.90. The molecule has 5 nitrogen and oxygen atoms in total. The van der Waals surface area contributed by atoms with Crippen LogP contribution in [0, 0.1) is 0 Å². The molecule has 7 heteroatoms. The molecular formula is C20H31BN2O3S. The van der Waals surface area contributed by atoms with E-state index in [-0.39, 0.29) is 25.4 Å². The predicted molar refractivity (Wildman–Crippen MR) is 116 cm³/mol. The standard InChI is InChI=1S/C10H15N.C8H9NO2S.CH3BO.CH4/c1-3-8-5-6-10(11)7-9(8)4-2;9-8-2-1-6-4-12(10,11)5-7(6)3-8;2-1-3;/h5-7H,3-4,11H2,1-2H3;1-3H,4-5,9H2;3H,1H2;1H4/i;;3D;. The monoisotopic (exact) mass is 391 g/mol. The number of nitrogens with two attached hydrogens (primary N) is 2. The van der Waals surface area contributed by atoms with E-state index in [0.29, 0.717) is 5.69 Å². The number of hydrogen-bond donors (Lipinski definition) is 3. The van der Waals surface area contributed by atoms with Crippen LogP contribution in [0.25, 0.3) is 0 Å². The summed E-state index contributed by atoms with van der Waals surface area (Å²) in [4.78, 5) is 0. The lowest BCUT2D eigenvalue weighted by Crippen LogP contribution is -1.95. The zero-order valence-electron chi connectivity index (χ0n) is 16.4. The second-order valence-electron chi connectivity index (χ2n) is 5.96. The molecule has 0 saturated heterocycles. The number of hydrogen-bond acceptors (Lipinski definition) is 5. The Morgan fingerprint density at radius 2 is 1.52 bits per heavy atom. The van der Waals surface area contributed by atoms with Crippen molar-refractivity contribution in [1.82, 2.24) is 0 Å². The van der Waals surface area contributed by atoms with Crippen LogP contribution in [-0.4, -0.2) is 29.3 Å². The van der Waals surface area contributed by atoms with Crippen LogP contribution < -0.4 is 11.5 Å². The molecule has 1 heterocycles. The Morgan fingerprint density at radius 3 is 2.07 bits per heavy atom. The first-order valence-electron chi connectivity index (χ1n) is 8.90. The molecule has 0 saturated carbocycles. The van der Waals surface area contributed by atoms with Crippen molar-refractivity contribution in [3.05, 3.63) is 58.7 Å². The number of fused-ring (bicyclic) bond motifs is 1. The number of aliphatic hydroxyl groups is 1. The van der Waals surface area contributed by atoms with Gasteiger partial charge in [0.05, 0.1) is 11.5 Å². The minimum absolute atomic E-state index is 0. The number of benzene rings is 2. The summed E-state index contributed by atoms with van der Waals surface area (Å²) in [5.74, 6) is 0.315. The SMILES string of the molecule is C.CCc1ccc(N)cc1CC.Nc1ccc2c(c1)CS(=O)(=O)C2.[2H]OC[B]. The average Bonchev–Trinajstić information content (AvgIpc) is 2.95. The van der Waals surface area contributed by atoms with Crippen molar-refractivity contribution in [2.75, 3.05) is 18.0 Å². The Morgan fingerprint density at radius 1 is 1.00 bits per heavy atom. The lowest BCUT2D eigenvalue weighted by molar-refractivity contribution is 0.369. The molecule has 0 aromatic heterocycles. The van der Waals surface area contributed by atoms with Crippen molar-refractivity contribution in [3.63, 3.8) is 0 Å². The fourth-order valence-corrected chi connectivity index (χ4v) is 4.37. The first-order chi connectivity index (χ1) is 12.8. The van der Waals surface area contributed by atoms with Crippen molar-refractivity contribution >= 4 is 29.1 Å². The van der Waals surface area contributed by atoms with E-state index in [4.69, 9.17) is 12.9 Å². The lowest BCUT2D eigenvalue weighted by atomic mass is 10.0. The molecule has 3 rings (SSSR count). The van der Waals surface area contributed by atoms with Crippen LogP contribution in [0.15, 0.2) is 36.4 Å². The average molecular weight is 391 g/mol. The fourth-order valence-electron chi connectivity index (χ4n) is 2.77. The molecule has 2 radical (unpaired) electrons. The van der Waals surface area contributed by atoms with Gasteiger partial charge in [0.2, 0.25) is 1.43 Å². The van der Waals surface area contributed by atoms with E-state index in [1.165, 1.54) is 11.1 Å². The van der Waals surface area contributed by atoms with Crippen LogP contribution in [0.2, 0.25) is 0 Å². The van der Waals surface area contributed by atoms with Crippen LogP contribution in [-0.2, 0) is 34.2 Å². The number of anilines is 2. The molecule has 2 aromatic carbocycles. The van der Waals surface area contributed by atoms with Gasteiger partial charge in [-0.1, -0.05) is 33.4 Å². The smallest absolute Gasteiger partial charge is 0.209 e. The van der Waals surface area contributed by atoms with Gasteiger partial charge in [-0.15, -0.1) is 0 Å². The van der Waals surface area contributed by atoms with E-state index in [0.717, 1.165) is 29.7 Å². The van der Waals surface area contributed by atoms with Gasteiger partial charge in [0.25, 0.3) is 0 Å². The van der Waals surface area contributed by atoms with Gasteiger partial charge in [0.1, 0.15) is 7.85 Å². The summed E-state index contributed by atoms with van der Waals surface area (Å²) in [6, 6.07) is 11.4. The van der Waals surface area contributed by atoms with E-state index in [9.17, 15) is 8.42 Å². The quantitative estimate of drug-likeness (QED) is 0.551. The van der Waals surface area contributed by atoms with Crippen molar-refractivity contribution in [2.45, 2.75) is 45.6 Å². The number of sulfone groups is 1. The van der Waals surface area contributed by atoms with E-state index < -0.39 is 9.84 Å². The zero-order valence-corrected chi connectivity index (χ0v) is 16.2. The molecule has 0 amide bonds. The Kier molecular flexibility index (Phi) is 9.97. The maximum Gasteiger partial charge on any atom is 0.209 e. The summed E-state index contributed by atoms with van der Waals surface area (Å²) in [5, 5.41) is 3.57. The third kappa shape index (κ3) is 8.05. The molecule has 0 aliphatic carbocycles. The van der Waals surface area contributed by atoms with E-state index in [2.05, 4.69) is 38.9 Å². The van der Waals surface area contributed by atoms with Crippen LogP contribution in [0.5, 0.6) is 0 Å². The van der Waals surface area contributed by atoms with Crippen molar-refractivity contribution in [1.29, 1.82) is 1.43 Å². The fraction of sp³-hybridized carbons (Fsp3) is 0.400. The summed E-state index contributed by atoms with van der Waals surface area (Å²) >= 11 is 0. The maximum absolute atomic E-state index is 11.2. The maximum atomic E-state index is 11.2. The summed E-state index contributed by atoms with van der Waals surface area (Å²) in [7, 11) is 1.74. The molecule has 148 valence electrons. The molecule has 1 aliphatic rings. The lowest BCUT2D eigenvalue weighted by Gasteiger charge is -2.05. The Balaban J connectivity index is 0.000000428. The Bertz CT molecular complexity index is 843. The first kappa shape index (κ1) is 23.1. The summed E-state index contributed by atoms with van der Waals surface area (Å²) < 4.78 is 28.1. The van der Waals surface area contributed by atoms with Crippen LogP contribution in [0.1, 0.15) is 43.5 Å². The second-order valence-corrected chi connectivity index (χ2v) is 8.03. The first-order valence-corrected chi connectivity index (χ1v) is 10.3. The number of aryl methyl sites for hydroxylation is 2. The highest BCUT2D eigenvalue weighted by Gasteiger charge is 2.23. The number of nitrogen functional groups attached to an aromatic ring is 2. The van der Waals surface area contributed by atoms with Crippen molar-refractivity contribution in [2.24, 2.45) is 0 Å². The number of rotatable bonds is 3. The molecule has 0 bridgehead atoms. The van der Waals surface area contributed by atoms with E-state index in [1.807, 2.05) is 6.07 Å². The number of aliphatic hydroxyl groups excluding tert-OH is 1. The Labute approximate surface area is 166 Å². The highest BCUT2D eigenvalue weighted by atomic mass is 32.2. The van der Waals surface area contributed by atoms with E-state index >= 15 is 0 Å². The summed E-state index contributed by atoms with van der Waals surface area (Å²) in [6.45, 7) is 4.32. The minimum Gasteiger partial charge on any atom is -0.406 e. The summed E-state index contributed by atoms with van der Waals surface area (Å²) in [6.07, 6.45) is 2.18. The van der Waals surface area contributed by atoms with Gasteiger partial charge in [-0.05, 0) is 59.4 Å². The van der Waals surface area contributed by atoms with Gasteiger partial charge in [-0.25, -0.2) is 8.42 Å². The normalized spacial score (nSPS) is 13.6. The van der Waals surface area contributed by atoms with Gasteiger partial charge in [-0.3, -0.25) is 0 Å². The largest absolute Gasteiger partial charge is 0.406 e. The molecule has 0 fully saturated rings. The van der Waals surface area contributed by atoms with Gasteiger partial charge in [0, 0.05) is 17.9 Å². The molecule has 27 heavy (non-hydrogen) atoms. The zero-order chi connectivity index (χ0) is 20.4. The minimum atomic E-state index is -2.88. The third-order valence-electron chi connectivity index (χ3n) is 3.97. The Hall–Kier alpha value is -1.99. The molecule has 2 aromatic rings. The van der Waals surface area contributed by atoms with Crippen LogP contribution >= 0.6 is 0 Å². The van der Waals surface area contributed by atoms with Crippen LogP contribution in [0.3, 0.4) is 0 Å². The van der Waals surface area contributed by atoms with Gasteiger partial charge >= 0.3 is 0 Å². The van der Waals surface area contributed by atoms with Crippen LogP contribution in [0.4, 0.5) is 11.4 Å². The summed E-state index contributed by atoms with van der Waals surface area (Å²) in [5.41, 5.74) is 17.2. The van der Waals surface area contributed by atoms with Gasteiger partial charge in [-0.2, -0.15) is 0 Å². The molecule has 5 N–H and O–H groups in total. The topological polar surface area (TPSA) is 106 Å². The predicted octanol–water partition coefficient (Wildman–Crippen LogP) is 2.83. The second kappa shape index (κ2) is 11.7. The molecule has 0 atom stereocenters. The van der Waals surface area contributed by atoms with Crippen molar-refractivity contribution in [3.8, 4) is 0 Å². The molecular weight excluding hydrogens is 359 g/mol. The van der Waals surface area contributed by atoms with Gasteiger partial charge in [0.15, 0.2) is 9.84 Å². The molecule has 0 unspecified atom stereocenters. The molecule has 0 spiro atoms.